The van der Waals surface area contributed by atoms with Crippen molar-refractivity contribution in [1.29, 1.82) is 0 Å². The summed E-state index contributed by atoms with van der Waals surface area (Å²) in [7, 11) is 0. The molecular weight excluding hydrogens is 393 g/mol. The molecule has 0 radical (unpaired) electrons. The lowest BCUT2D eigenvalue weighted by Crippen LogP contribution is -2.38. The van der Waals surface area contributed by atoms with Crippen LogP contribution < -0.4 is 5.56 Å². The second-order valence-electron chi connectivity index (χ2n) is 7.68. The van der Waals surface area contributed by atoms with Gasteiger partial charge in [-0.3, -0.25) is 14.2 Å². The van der Waals surface area contributed by atoms with Crippen molar-refractivity contribution in [2.75, 3.05) is 19.6 Å². The zero-order chi connectivity index (χ0) is 20.5. The van der Waals surface area contributed by atoms with Crippen LogP contribution in [0.1, 0.15) is 34.5 Å². The molecule has 1 saturated heterocycles. The van der Waals surface area contributed by atoms with Gasteiger partial charge in [0.15, 0.2) is 10.9 Å². The fourth-order valence-electron chi connectivity index (χ4n) is 4.07. The van der Waals surface area contributed by atoms with E-state index in [2.05, 4.69) is 9.88 Å². The Morgan fingerprint density at radius 1 is 1.28 bits per heavy atom. The van der Waals surface area contributed by atoms with E-state index in [9.17, 15) is 19.1 Å². The maximum Gasteiger partial charge on any atom is 0.257 e. The fourth-order valence-corrected chi connectivity index (χ4v) is 5.01. The van der Waals surface area contributed by atoms with Crippen molar-refractivity contribution < 1.29 is 14.3 Å². The van der Waals surface area contributed by atoms with E-state index >= 15 is 0 Å². The molecule has 1 aromatic heterocycles. The first kappa shape index (κ1) is 20.3. The topological polar surface area (TPSA) is 75.4 Å². The van der Waals surface area contributed by atoms with Crippen LogP contribution >= 0.6 is 11.8 Å². The molecule has 3 heterocycles. The van der Waals surface area contributed by atoms with Gasteiger partial charge in [-0.2, -0.15) is 0 Å². The molecule has 2 aromatic rings. The summed E-state index contributed by atoms with van der Waals surface area (Å²) < 4.78 is 14.6. The number of ketones is 1. The zero-order valence-corrected chi connectivity index (χ0v) is 17.1. The van der Waals surface area contributed by atoms with Gasteiger partial charge in [-0.25, -0.2) is 9.37 Å². The number of likely N-dealkylation sites (tertiary alicyclic amines) is 1. The Morgan fingerprint density at radius 3 is 2.66 bits per heavy atom. The highest BCUT2D eigenvalue weighted by atomic mass is 32.2. The van der Waals surface area contributed by atoms with Gasteiger partial charge in [-0.1, -0.05) is 11.8 Å². The number of rotatable bonds is 5. The number of fused-ring (bicyclic) bond motifs is 1. The summed E-state index contributed by atoms with van der Waals surface area (Å²) in [6.07, 6.45) is 2.13. The number of aromatic nitrogens is 2. The minimum absolute atomic E-state index is 0.0377. The molecule has 8 heteroatoms. The molecule has 1 fully saturated rings. The molecule has 0 amide bonds. The minimum atomic E-state index is -0.609. The number of aliphatic hydroxyl groups is 1. The lowest BCUT2D eigenvalue weighted by Gasteiger charge is -2.31. The first-order valence-electron chi connectivity index (χ1n) is 9.89. The van der Waals surface area contributed by atoms with Crippen molar-refractivity contribution >= 4 is 17.5 Å². The molecule has 0 bridgehead atoms. The van der Waals surface area contributed by atoms with Gasteiger partial charge in [-0.15, -0.1) is 0 Å². The molecule has 2 aliphatic rings. The molecule has 1 aromatic carbocycles. The number of aliphatic hydroxyl groups excluding tert-OH is 1. The third-order valence-electron chi connectivity index (χ3n) is 5.78. The van der Waals surface area contributed by atoms with Crippen molar-refractivity contribution in [2.45, 2.75) is 43.3 Å². The molecule has 1 N–H and O–H groups in total. The van der Waals surface area contributed by atoms with Gasteiger partial charge in [0.2, 0.25) is 0 Å². The lowest BCUT2D eigenvalue weighted by molar-refractivity contribution is 0.0841. The van der Waals surface area contributed by atoms with Crippen molar-refractivity contribution in [3.05, 3.63) is 57.3 Å². The van der Waals surface area contributed by atoms with Gasteiger partial charge >= 0.3 is 0 Å². The number of carbonyl (C=O) groups is 1. The highest BCUT2D eigenvalue weighted by Crippen LogP contribution is 2.28. The Bertz CT molecular complexity index is 968. The number of halogens is 1. The molecule has 4 rings (SSSR count). The number of benzene rings is 1. The normalized spacial score (nSPS) is 20.0. The molecule has 0 spiro atoms. The van der Waals surface area contributed by atoms with Gasteiger partial charge < -0.3 is 10.0 Å². The maximum atomic E-state index is 13.1. The van der Waals surface area contributed by atoms with Crippen molar-refractivity contribution in [2.24, 2.45) is 5.92 Å². The van der Waals surface area contributed by atoms with Crippen LogP contribution in [0.5, 0.6) is 0 Å². The summed E-state index contributed by atoms with van der Waals surface area (Å²) in [5, 5.41) is 10.4. The Balaban J connectivity index is 1.34. The maximum absolute atomic E-state index is 13.1. The first-order valence-corrected chi connectivity index (χ1v) is 10.8. The van der Waals surface area contributed by atoms with Crippen LogP contribution in [0.15, 0.2) is 34.2 Å². The Hall–Kier alpha value is -2.03. The van der Waals surface area contributed by atoms with Gasteiger partial charge in [0, 0.05) is 29.3 Å². The van der Waals surface area contributed by atoms with E-state index in [1.165, 1.54) is 23.9 Å². The monoisotopic (exact) mass is 417 g/mol. The van der Waals surface area contributed by atoms with Gasteiger partial charge in [0.25, 0.3) is 5.56 Å². The molecule has 29 heavy (non-hydrogen) atoms. The second kappa shape index (κ2) is 8.38. The molecule has 0 saturated carbocycles. The number of nitrogens with zero attached hydrogens (tertiary/aromatic N) is 3. The summed E-state index contributed by atoms with van der Waals surface area (Å²) >= 11 is 1.22. The smallest absolute Gasteiger partial charge is 0.257 e. The average Bonchev–Trinajstić information content (AvgIpc) is 3.08. The number of aryl methyl sites for hydroxylation is 1. The molecule has 0 unspecified atom stereocenters. The minimum Gasteiger partial charge on any atom is -0.380 e. The standard InChI is InChI=1S/C21H24FN3O3S/c1-13-17(20(28)25-12-18(26)29-21(25)23-13)8-11-24-9-6-15(7-10-24)19(27)14-2-4-16(22)5-3-14/h2-5,15,18,26H,6-12H2,1H3/t18-/m1/s1. The number of thioether (sulfide) groups is 1. The second-order valence-corrected chi connectivity index (χ2v) is 8.83. The highest BCUT2D eigenvalue weighted by molar-refractivity contribution is 7.99. The summed E-state index contributed by atoms with van der Waals surface area (Å²) in [6, 6.07) is 5.75. The molecule has 6 nitrogen and oxygen atoms in total. The largest absolute Gasteiger partial charge is 0.380 e. The van der Waals surface area contributed by atoms with Crippen molar-refractivity contribution in [3.63, 3.8) is 0 Å². The van der Waals surface area contributed by atoms with E-state index in [4.69, 9.17) is 0 Å². The summed E-state index contributed by atoms with van der Waals surface area (Å²) in [5.41, 5.74) is 1.33. The van der Waals surface area contributed by atoms with E-state index in [-0.39, 0.29) is 29.6 Å². The first-order chi connectivity index (χ1) is 13.9. The van der Waals surface area contributed by atoms with Gasteiger partial charge in [0.1, 0.15) is 11.3 Å². The Kier molecular flexibility index (Phi) is 5.85. The van der Waals surface area contributed by atoms with Crippen LogP contribution in [-0.4, -0.2) is 50.4 Å². The molecule has 2 aliphatic heterocycles. The van der Waals surface area contributed by atoms with Crippen molar-refractivity contribution in [1.82, 2.24) is 14.5 Å². The third-order valence-corrected chi connectivity index (χ3v) is 6.72. The van der Waals surface area contributed by atoms with Crippen LogP contribution in [-0.2, 0) is 13.0 Å². The molecule has 0 aliphatic carbocycles. The van der Waals surface area contributed by atoms with Crippen LogP contribution in [0, 0.1) is 18.7 Å². The summed E-state index contributed by atoms with van der Waals surface area (Å²) in [5.74, 6) is -0.293. The van der Waals surface area contributed by atoms with Gasteiger partial charge in [0.05, 0.1) is 6.54 Å². The Morgan fingerprint density at radius 2 is 1.97 bits per heavy atom. The fraction of sp³-hybridized carbons (Fsp3) is 0.476. The van der Waals surface area contributed by atoms with Crippen molar-refractivity contribution in [3.8, 4) is 0 Å². The average molecular weight is 418 g/mol. The quantitative estimate of drug-likeness (QED) is 0.594. The van der Waals surface area contributed by atoms with E-state index in [0.717, 1.165) is 38.2 Å². The van der Waals surface area contributed by atoms with E-state index in [1.807, 2.05) is 6.92 Å². The third kappa shape index (κ3) is 4.29. The van der Waals surface area contributed by atoms with Crippen LogP contribution in [0.3, 0.4) is 0 Å². The summed E-state index contributed by atoms with van der Waals surface area (Å²) in [6.45, 7) is 4.46. The number of hydrogen-bond donors (Lipinski definition) is 1. The number of carbonyl (C=O) groups excluding carboxylic acids is 1. The van der Waals surface area contributed by atoms with E-state index < -0.39 is 5.44 Å². The van der Waals surface area contributed by atoms with E-state index in [0.29, 0.717) is 22.7 Å². The highest BCUT2D eigenvalue weighted by Gasteiger charge is 2.27. The lowest BCUT2D eigenvalue weighted by atomic mass is 9.89. The van der Waals surface area contributed by atoms with Crippen LogP contribution in [0.25, 0.3) is 0 Å². The number of piperidine rings is 1. The molecule has 154 valence electrons. The Labute approximate surface area is 172 Å². The van der Waals surface area contributed by atoms with E-state index in [1.54, 1.807) is 16.7 Å². The number of Topliss-reactive ketones (excluding diaryl/α,β-unsaturated/α-hetero) is 1. The zero-order valence-electron chi connectivity index (χ0n) is 16.3. The predicted octanol–water partition coefficient (Wildman–Crippen LogP) is 2.25. The molecular formula is C21H24FN3O3S. The molecule has 1 atom stereocenters. The van der Waals surface area contributed by atoms with Crippen LogP contribution in [0.2, 0.25) is 0 Å². The predicted molar refractivity (Wildman–Crippen MR) is 109 cm³/mol. The summed E-state index contributed by atoms with van der Waals surface area (Å²) in [4.78, 5) is 32.1. The number of hydrogen-bond acceptors (Lipinski definition) is 6. The SMILES string of the molecule is Cc1nc2n(c(=O)c1CCN1CCC(C(=O)c3ccc(F)cc3)CC1)C[C@H](O)S2. The van der Waals surface area contributed by atoms with Gasteiger partial charge in [-0.05, 0) is 63.5 Å². The van der Waals surface area contributed by atoms with Crippen LogP contribution in [0.4, 0.5) is 4.39 Å².